The van der Waals surface area contributed by atoms with E-state index < -0.39 is 0 Å². The molecule has 1 heterocycles. The van der Waals surface area contributed by atoms with Gasteiger partial charge < -0.3 is 9.47 Å². The van der Waals surface area contributed by atoms with Gasteiger partial charge in [-0.15, -0.1) is 0 Å². The first-order chi connectivity index (χ1) is 12.0. The predicted octanol–water partition coefficient (Wildman–Crippen LogP) is 4.42. The van der Waals surface area contributed by atoms with Gasteiger partial charge >= 0.3 is 0 Å². The topological polar surface area (TPSA) is 38.8 Å². The molecule has 1 aliphatic rings. The molecule has 4 nitrogen and oxygen atoms in total. The average molecular weight is 371 g/mol. The summed E-state index contributed by atoms with van der Waals surface area (Å²) in [4.78, 5) is 15.0. The molecular formula is C19H17NO3S2. The minimum Gasteiger partial charge on any atom is -0.497 e. The van der Waals surface area contributed by atoms with Crippen molar-refractivity contribution in [2.75, 3.05) is 19.1 Å². The monoisotopic (exact) mass is 371 g/mol. The van der Waals surface area contributed by atoms with Gasteiger partial charge in [-0.25, -0.2) is 0 Å². The molecule has 3 rings (SSSR count). The number of hydrogen-bond acceptors (Lipinski definition) is 5. The molecule has 1 aliphatic heterocycles. The molecule has 128 valence electrons. The average Bonchev–Trinajstić information content (AvgIpc) is 2.89. The Labute approximate surface area is 156 Å². The van der Waals surface area contributed by atoms with E-state index >= 15 is 0 Å². The van der Waals surface area contributed by atoms with Crippen LogP contribution in [0.3, 0.4) is 0 Å². The van der Waals surface area contributed by atoms with E-state index in [1.54, 1.807) is 25.2 Å². The zero-order valence-corrected chi connectivity index (χ0v) is 15.7. The minimum atomic E-state index is -0.130. The zero-order valence-electron chi connectivity index (χ0n) is 14.1. The first-order valence-corrected chi connectivity index (χ1v) is 8.83. The number of hydrogen-bond donors (Lipinski definition) is 0. The molecule has 0 aromatic heterocycles. The Hall–Kier alpha value is -2.31. The summed E-state index contributed by atoms with van der Waals surface area (Å²) < 4.78 is 11.2. The van der Waals surface area contributed by atoms with Crippen LogP contribution in [-0.4, -0.2) is 24.4 Å². The lowest BCUT2D eigenvalue weighted by Gasteiger charge is -2.16. The third-order valence-corrected chi connectivity index (χ3v) is 5.18. The maximum atomic E-state index is 12.9. The first-order valence-electron chi connectivity index (χ1n) is 7.60. The fourth-order valence-corrected chi connectivity index (χ4v) is 3.86. The minimum absolute atomic E-state index is 0.130. The fourth-order valence-electron chi connectivity index (χ4n) is 2.58. The van der Waals surface area contributed by atoms with Crippen LogP contribution < -0.4 is 14.4 Å². The highest BCUT2D eigenvalue weighted by Crippen LogP contribution is 2.38. The molecule has 25 heavy (non-hydrogen) atoms. The maximum Gasteiger partial charge on any atom is 0.270 e. The van der Waals surface area contributed by atoms with Crippen molar-refractivity contribution in [1.82, 2.24) is 0 Å². The lowest BCUT2D eigenvalue weighted by Crippen LogP contribution is -2.28. The molecule has 1 saturated heterocycles. The molecule has 0 radical (unpaired) electrons. The number of nitrogens with zero attached hydrogens (tertiary/aromatic N) is 1. The quantitative estimate of drug-likeness (QED) is 0.588. The van der Waals surface area contributed by atoms with Crippen molar-refractivity contribution >= 4 is 46.0 Å². The smallest absolute Gasteiger partial charge is 0.270 e. The van der Waals surface area contributed by atoms with Gasteiger partial charge in [-0.05, 0) is 42.8 Å². The number of aryl methyl sites for hydroxylation is 1. The van der Waals surface area contributed by atoms with E-state index in [1.807, 2.05) is 49.4 Å². The highest BCUT2D eigenvalue weighted by molar-refractivity contribution is 8.27. The summed E-state index contributed by atoms with van der Waals surface area (Å²) in [5.74, 6) is 1.23. The largest absolute Gasteiger partial charge is 0.497 e. The third kappa shape index (κ3) is 3.41. The lowest BCUT2D eigenvalue weighted by molar-refractivity contribution is -0.113. The number of carbonyl (C=O) groups excluding carboxylic acids is 1. The molecule has 0 spiro atoms. The Bertz CT molecular complexity index is 877. The van der Waals surface area contributed by atoms with Gasteiger partial charge in [0.15, 0.2) is 4.32 Å². The maximum absolute atomic E-state index is 12.9. The summed E-state index contributed by atoms with van der Waals surface area (Å²) in [6.07, 6.45) is 1.79. The molecule has 1 fully saturated rings. The molecular weight excluding hydrogens is 354 g/mol. The van der Waals surface area contributed by atoms with Gasteiger partial charge in [-0.1, -0.05) is 42.2 Å². The number of rotatable bonds is 4. The Balaban J connectivity index is 2.00. The number of methoxy groups -OCH3 is 2. The lowest BCUT2D eigenvalue weighted by atomic mass is 10.1. The van der Waals surface area contributed by atoms with Crippen LogP contribution in [0.2, 0.25) is 0 Å². The molecule has 0 atom stereocenters. The van der Waals surface area contributed by atoms with Crippen molar-refractivity contribution in [1.29, 1.82) is 0 Å². The summed E-state index contributed by atoms with van der Waals surface area (Å²) in [6.45, 7) is 1.96. The van der Waals surface area contributed by atoms with Gasteiger partial charge in [-0.2, -0.15) is 0 Å². The number of amides is 1. The fraction of sp³-hybridized carbons (Fsp3) is 0.158. The molecule has 0 unspecified atom stereocenters. The SMILES string of the molecule is COc1ccc(OC)c(/C=C2\SC(=S)N(c3ccccc3C)C2=O)c1. The highest BCUT2D eigenvalue weighted by atomic mass is 32.2. The Morgan fingerprint density at radius 2 is 1.88 bits per heavy atom. The van der Waals surface area contributed by atoms with E-state index in [0.29, 0.717) is 20.7 Å². The van der Waals surface area contributed by atoms with E-state index in [4.69, 9.17) is 21.7 Å². The molecule has 0 N–H and O–H groups in total. The second-order valence-corrected chi connectivity index (χ2v) is 7.09. The van der Waals surface area contributed by atoms with Gasteiger partial charge in [0.2, 0.25) is 0 Å². The van der Waals surface area contributed by atoms with Crippen LogP contribution >= 0.6 is 24.0 Å². The highest BCUT2D eigenvalue weighted by Gasteiger charge is 2.34. The van der Waals surface area contributed by atoms with E-state index in [2.05, 4.69) is 0 Å². The zero-order chi connectivity index (χ0) is 18.0. The van der Waals surface area contributed by atoms with Crippen LogP contribution in [0.25, 0.3) is 6.08 Å². The molecule has 0 bridgehead atoms. The second-order valence-electron chi connectivity index (χ2n) is 5.41. The summed E-state index contributed by atoms with van der Waals surface area (Å²) in [5.41, 5.74) is 2.58. The Morgan fingerprint density at radius 1 is 1.12 bits per heavy atom. The number of thioether (sulfide) groups is 1. The molecule has 2 aromatic rings. The summed E-state index contributed by atoms with van der Waals surface area (Å²) in [5, 5.41) is 0. The van der Waals surface area contributed by atoms with Crippen molar-refractivity contribution < 1.29 is 14.3 Å². The van der Waals surface area contributed by atoms with Crippen LogP contribution in [0.15, 0.2) is 47.4 Å². The van der Waals surface area contributed by atoms with E-state index in [9.17, 15) is 4.79 Å². The van der Waals surface area contributed by atoms with Gasteiger partial charge in [0.05, 0.1) is 24.8 Å². The second kappa shape index (κ2) is 7.29. The molecule has 0 aliphatic carbocycles. The van der Waals surface area contributed by atoms with Gasteiger partial charge in [0.25, 0.3) is 5.91 Å². The van der Waals surface area contributed by atoms with Crippen LogP contribution in [-0.2, 0) is 4.79 Å². The summed E-state index contributed by atoms with van der Waals surface area (Å²) in [6, 6.07) is 13.2. The van der Waals surface area contributed by atoms with Crippen molar-refractivity contribution in [3.05, 3.63) is 58.5 Å². The number of ether oxygens (including phenoxy) is 2. The molecule has 0 saturated carbocycles. The number of thiocarbonyl (C=S) groups is 1. The van der Waals surface area contributed by atoms with Crippen molar-refractivity contribution in [3.8, 4) is 11.5 Å². The third-order valence-electron chi connectivity index (χ3n) is 3.87. The van der Waals surface area contributed by atoms with Crippen LogP contribution in [0, 0.1) is 6.92 Å². The molecule has 6 heteroatoms. The van der Waals surface area contributed by atoms with Crippen LogP contribution in [0.4, 0.5) is 5.69 Å². The molecule has 2 aromatic carbocycles. The van der Waals surface area contributed by atoms with Gasteiger partial charge in [-0.3, -0.25) is 9.69 Å². The summed E-state index contributed by atoms with van der Waals surface area (Å²) in [7, 11) is 3.20. The van der Waals surface area contributed by atoms with E-state index in [-0.39, 0.29) is 5.91 Å². The van der Waals surface area contributed by atoms with Gasteiger partial charge in [0, 0.05) is 5.56 Å². The molecule has 1 amide bonds. The normalized spacial score (nSPS) is 15.8. The number of carbonyl (C=O) groups is 1. The van der Waals surface area contributed by atoms with E-state index in [1.165, 1.54) is 11.8 Å². The van der Waals surface area contributed by atoms with Crippen molar-refractivity contribution in [2.24, 2.45) is 0 Å². The first kappa shape index (κ1) is 17.5. The Morgan fingerprint density at radius 3 is 2.56 bits per heavy atom. The van der Waals surface area contributed by atoms with Crippen molar-refractivity contribution in [2.45, 2.75) is 6.92 Å². The van der Waals surface area contributed by atoms with Crippen LogP contribution in [0.1, 0.15) is 11.1 Å². The van der Waals surface area contributed by atoms with Crippen LogP contribution in [0.5, 0.6) is 11.5 Å². The Kier molecular flexibility index (Phi) is 5.11. The summed E-state index contributed by atoms with van der Waals surface area (Å²) >= 11 is 6.72. The number of anilines is 1. The standard InChI is InChI=1S/C19H17NO3S2/c1-12-6-4-5-7-15(12)20-18(21)17(25-19(20)24)11-13-10-14(22-2)8-9-16(13)23-3/h4-11H,1-3H3/b17-11-. The van der Waals surface area contributed by atoms with Gasteiger partial charge in [0.1, 0.15) is 11.5 Å². The number of para-hydroxylation sites is 1. The number of benzene rings is 2. The van der Waals surface area contributed by atoms with Crippen molar-refractivity contribution in [3.63, 3.8) is 0 Å². The van der Waals surface area contributed by atoms with E-state index in [0.717, 1.165) is 16.8 Å². The predicted molar refractivity (Wildman–Crippen MR) is 106 cm³/mol.